The summed E-state index contributed by atoms with van der Waals surface area (Å²) in [5, 5.41) is 47.0. The monoisotopic (exact) mass is 1530 g/mol. The van der Waals surface area contributed by atoms with Crippen molar-refractivity contribution in [1.29, 1.82) is 0 Å². The normalized spacial score (nSPS) is 28.5. The first-order chi connectivity index (χ1) is 43.6. The third-order valence-electron chi connectivity index (χ3n) is 12.0. The lowest BCUT2D eigenvalue weighted by Gasteiger charge is -2.20. The molecular formula is C36H50F8N12O34P6. The van der Waals surface area contributed by atoms with E-state index in [9.17, 15) is 107 Å². The van der Waals surface area contributed by atoms with Gasteiger partial charge in [-0.3, -0.25) is 31.8 Å². The topological polar surface area (TPSA) is 722 Å². The molecule has 46 nitrogen and oxygen atoms in total. The van der Waals surface area contributed by atoms with E-state index in [1.807, 2.05) is 0 Å². The maximum atomic E-state index is 14.3. The van der Waals surface area contributed by atoms with Crippen molar-refractivity contribution in [2.24, 2.45) is 0 Å². The second kappa shape index (κ2) is 30.2. The molecule has 8 rings (SSSR count). The smallest absolute Gasteiger partial charge is 0.394 e. The van der Waals surface area contributed by atoms with Crippen LogP contribution in [0.1, 0.15) is 24.9 Å². The summed E-state index contributed by atoms with van der Waals surface area (Å²) in [4.78, 5) is 138. The third-order valence-corrected chi connectivity index (χ3v) is 18.4. The van der Waals surface area contributed by atoms with Crippen molar-refractivity contribution >= 4 is 70.2 Å². The van der Waals surface area contributed by atoms with Gasteiger partial charge in [0.25, 0.3) is 0 Å². The Kier molecular flexibility index (Phi) is 25.6. The summed E-state index contributed by atoms with van der Waals surface area (Å²) in [6.45, 7) is -4.34. The van der Waals surface area contributed by atoms with E-state index < -0.39 is 194 Å². The van der Waals surface area contributed by atoms with Crippen molar-refractivity contribution < 1.29 is 178 Å². The lowest BCUT2D eigenvalue weighted by atomic mass is 10.1. The van der Waals surface area contributed by atoms with E-state index in [-0.39, 0.29) is 27.8 Å². The van der Waals surface area contributed by atoms with E-state index in [4.69, 9.17) is 86.1 Å². The summed E-state index contributed by atoms with van der Waals surface area (Å²) in [6, 6.07) is 4.23. The van der Waals surface area contributed by atoms with Crippen LogP contribution in [0, 0.1) is 0 Å². The van der Waals surface area contributed by atoms with Gasteiger partial charge in [0.05, 0.1) is 26.4 Å². The Hall–Kier alpha value is -5.42. The van der Waals surface area contributed by atoms with E-state index >= 15 is 0 Å². The molecule has 0 aromatic carbocycles. The average Bonchev–Trinajstić information content (AvgIpc) is 1.66. The van der Waals surface area contributed by atoms with Gasteiger partial charge in [0.1, 0.15) is 47.7 Å². The maximum Gasteiger partial charge on any atom is 0.490 e. The number of halogens is 8. The molecular weight excluding hydrogens is 1480 g/mol. The Morgan fingerprint density at radius 1 is 0.396 bits per heavy atom. The first-order valence-corrected chi connectivity index (χ1v) is 33.7. The zero-order valence-electron chi connectivity index (χ0n) is 46.4. The fourth-order valence-corrected chi connectivity index (χ4v) is 12.8. The van der Waals surface area contributed by atoms with Gasteiger partial charge < -0.3 is 111 Å². The van der Waals surface area contributed by atoms with Gasteiger partial charge in [0.2, 0.25) is 24.9 Å². The van der Waals surface area contributed by atoms with Gasteiger partial charge in [-0.1, -0.05) is 0 Å². The number of aliphatic hydroxyl groups excluding tert-OH is 5. The third kappa shape index (κ3) is 20.8. The van der Waals surface area contributed by atoms with Crippen LogP contribution < -0.4 is 45.7 Å². The van der Waals surface area contributed by atoms with Crippen LogP contribution in [0.5, 0.6) is 0 Å². The van der Waals surface area contributed by atoms with E-state index in [0.29, 0.717) is 13.7 Å². The summed E-state index contributed by atoms with van der Waals surface area (Å²) >= 11 is 0. The Morgan fingerprint density at radius 3 is 0.854 bits per heavy atom. The highest BCUT2D eigenvalue weighted by Crippen LogP contribution is 2.66. The second-order valence-corrected chi connectivity index (χ2v) is 27.4. The number of ether oxygens (including phenoxy) is 4. The number of hydrogen-bond acceptors (Lipinski definition) is 33. The molecule has 4 aliphatic rings. The Balaban J connectivity index is 0.000000235. The predicted molar refractivity (Wildman–Crippen MR) is 285 cm³/mol. The number of rotatable bonds is 20. The highest BCUT2D eigenvalue weighted by Gasteiger charge is 2.63. The van der Waals surface area contributed by atoms with Gasteiger partial charge in [-0.05, 0) is 24.3 Å². The first kappa shape index (κ1) is 81.3. The van der Waals surface area contributed by atoms with Crippen LogP contribution in [-0.2, 0) is 72.8 Å². The van der Waals surface area contributed by atoms with E-state index in [1.165, 1.54) is 0 Å². The van der Waals surface area contributed by atoms with Crippen LogP contribution in [-0.4, -0.2) is 207 Å². The van der Waals surface area contributed by atoms with Crippen LogP contribution in [0.3, 0.4) is 0 Å². The molecule has 0 bridgehead atoms. The fraction of sp³-hybridized carbons (Fsp3) is 0.556. The molecule has 4 aromatic heterocycles. The number of phosphoric ester groups is 3. The van der Waals surface area contributed by atoms with Gasteiger partial charge in [-0.2, -0.15) is 68.0 Å². The number of alkyl halides is 8. The Morgan fingerprint density at radius 2 is 0.625 bits per heavy atom. The number of hydrogen-bond donors (Lipinski definition) is 18. The number of nitrogen functional groups attached to an aromatic ring is 4. The molecule has 4 fully saturated rings. The standard InChI is InChI=1S/C9H14F2N3O13P3.C9H13F2N3O10P2.C9H12F2N3O7P.C9H11F2N3O4/c10-9(11)6(15)4(25-7(9)14-2-1-5(12)13-8(14)16)3-24-29(20,21)27-30(22,23)26-28(17,18)19;10-9(11)6(15)4(3-22-26(20,21)24-25(17,18)19)23-7(9)14-2-1-5(12)13-8(14)16;10-9(11)6(15)4(3-20-22(17,18)19)21-7(9)14-2-1-5(12)13-8(14)16;10-9(11)6(16)4(3-15)18-7(9)14-2-1-5(12)13-8(14)17/h1-2,4,6-7,15H,3H2,(H,20,21)(H,22,23)(H2,12,13,16)(H2,17,18,19);1-2,4,6-7,15H,3H2,(H,20,21)(H2,12,13,16)(H2,17,18,19);1-2,4,6-7,15H,3H2,(H2,12,13,16)(H2,17,18,19);1-2,4,6-7,15-16H,3H2,(H2,12,13,17)/t4*4-,6?,7-/m1111/s1. The van der Waals surface area contributed by atoms with Crippen LogP contribution in [0.4, 0.5) is 58.4 Å². The summed E-state index contributed by atoms with van der Waals surface area (Å²) in [6.07, 6.45) is -22.6. The molecule has 4 saturated heterocycles. The number of phosphoric acid groups is 6. The predicted octanol–water partition coefficient (Wildman–Crippen LogP) is -4.45. The maximum absolute atomic E-state index is 14.3. The Labute approximate surface area is 522 Å². The molecule has 7 unspecified atom stereocenters. The highest BCUT2D eigenvalue weighted by atomic mass is 31.3. The molecule has 0 saturated carbocycles. The molecule has 4 aliphatic heterocycles. The minimum absolute atomic E-state index is 0.114. The van der Waals surface area contributed by atoms with Crippen molar-refractivity contribution in [1.82, 2.24) is 38.2 Å². The van der Waals surface area contributed by atoms with Crippen LogP contribution in [0.15, 0.2) is 68.2 Å². The van der Waals surface area contributed by atoms with Gasteiger partial charge >= 0.3 is 93.4 Å². The van der Waals surface area contributed by atoms with E-state index in [0.717, 1.165) is 49.1 Å². The second-order valence-electron chi connectivity index (χ2n) is 18.9. The number of nitrogens with zero attached hydrogens (tertiary/aromatic N) is 8. The summed E-state index contributed by atoms with van der Waals surface area (Å²) in [5.41, 5.74) is 16.3. The minimum Gasteiger partial charge on any atom is -0.394 e. The molecule has 8 heterocycles. The van der Waals surface area contributed by atoms with Gasteiger partial charge in [0, 0.05) is 24.8 Å². The minimum atomic E-state index is -5.83. The quantitative estimate of drug-likeness (QED) is 0.0293. The molecule has 0 aliphatic carbocycles. The van der Waals surface area contributed by atoms with E-state index in [2.05, 4.69) is 46.4 Å². The molecule has 15 atom stereocenters. The van der Waals surface area contributed by atoms with Gasteiger partial charge in [0.15, 0.2) is 24.4 Å². The summed E-state index contributed by atoms with van der Waals surface area (Å²) in [7, 11) is -32.8. The SMILES string of the molecule is Nc1ccn([C@@H]2O[C@H](CO)C(O)C2(F)F)c(=O)n1.Nc1ccn([C@@H]2O[C@H](COP(=O)(O)O)C(O)C2(F)F)c(=O)n1.Nc1ccn([C@@H]2O[C@H](COP(=O)(O)OP(=O)(O)O)C(O)C2(F)F)c(=O)n1.Nc1ccn([C@@H]2O[C@H](COP(=O)(O)OP(=O)(O)OP(=O)(O)O)C(O)C2(F)F)c(=O)n1. The number of aliphatic hydroxyl groups is 5. The first-order valence-electron chi connectivity index (χ1n) is 24.6. The van der Waals surface area contributed by atoms with Crippen LogP contribution in [0.25, 0.3) is 0 Å². The lowest BCUT2D eigenvalue weighted by Crippen LogP contribution is -2.41. The summed E-state index contributed by atoms with van der Waals surface area (Å²) in [5.74, 6) is -16.6. The van der Waals surface area contributed by atoms with Crippen molar-refractivity contribution in [3.63, 3.8) is 0 Å². The average molecular weight is 1530 g/mol. The molecule has 0 amide bonds. The van der Waals surface area contributed by atoms with Gasteiger partial charge in [-0.15, -0.1) is 0 Å². The van der Waals surface area contributed by atoms with Crippen molar-refractivity contribution in [3.8, 4) is 0 Å². The zero-order chi connectivity index (χ0) is 73.2. The zero-order valence-corrected chi connectivity index (χ0v) is 51.8. The Bertz CT molecular complexity index is 3980. The van der Waals surface area contributed by atoms with Crippen molar-refractivity contribution in [2.45, 2.75) is 97.4 Å². The number of anilines is 4. The number of aromatic nitrogens is 8. The van der Waals surface area contributed by atoms with Crippen LogP contribution in [0.2, 0.25) is 0 Å². The molecule has 0 radical (unpaired) electrons. The van der Waals surface area contributed by atoms with Crippen molar-refractivity contribution in [3.05, 3.63) is 91.0 Å². The molecule has 96 heavy (non-hydrogen) atoms. The molecule has 60 heteroatoms. The largest absolute Gasteiger partial charge is 0.490 e. The van der Waals surface area contributed by atoms with Crippen LogP contribution >= 0.6 is 46.9 Å². The molecule has 544 valence electrons. The van der Waals surface area contributed by atoms with Gasteiger partial charge in [-0.25, -0.2) is 46.6 Å². The van der Waals surface area contributed by atoms with E-state index in [1.54, 1.807) is 0 Å². The summed E-state index contributed by atoms with van der Waals surface area (Å²) < 4.78 is 221. The highest BCUT2D eigenvalue weighted by molar-refractivity contribution is 7.66. The fourth-order valence-electron chi connectivity index (χ4n) is 7.82. The molecule has 22 N–H and O–H groups in total. The lowest BCUT2D eigenvalue weighted by molar-refractivity contribution is -0.141. The van der Waals surface area contributed by atoms with Crippen molar-refractivity contribution in [2.75, 3.05) is 49.4 Å². The molecule has 0 spiro atoms. The number of nitrogens with two attached hydrogens (primary N) is 4. The molecule has 4 aromatic rings.